The van der Waals surface area contributed by atoms with Gasteiger partial charge in [-0.1, -0.05) is 6.07 Å². The van der Waals surface area contributed by atoms with Gasteiger partial charge in [0.15, 0.2) is 0 Å². The number of anilines is 2. The van der Waals surface area contributed by atoms with Crippen molar-refractivity contribution in [1.29, 1.82) is 0 Å². The Morgan fingerprint density at radius 3 is 2.54 bits per heavy atom. The smallest absolute Gasteiger partial charge is 0.251 e. The summed E-state index contributed by atoms with van der Waals surface area (Å²) < 4.78 is 29.7. The van der Waals surface area contributed by atoms with Gasteiger partial charge in [-0.25, -0.2) is 13.8 Å². The van der Waals surface area contributed by atoms with Crippen LogP contribution in [0.15, 0.2) is 36.4 Å². The van der Waals surface area contributed by atoms with Gasteiger partial charge in [-0.2, -0.15) is 0 Å². The number of carbonyl (C=O) groups is 2. The maximum Gasteiger partial charge on any atom is 0.251 e. The summed E-state index contributed by atoms with van der Waals surface area (Å²) in [6, 6.07) is 8.46. The predicted molar refractivity (Wildman–Crippen MR) is 127 cm³/mol. The van der Waals surface area contributed by atoms with E-state index < -0.39 is 29.2 Å². The van der Waals surface area contributed by atoms with E-state index in [1.807, 2.05) is 0 Å². The number of benzene rings is 1. The van der Waals surface area contributed by atoms with Crippen LogP contribution in [0.25, 0.3) is 10.4 Å². The number of thiophene rings is 1. The largest absolute Gasteiger partial charge is 0.391 e. The lowest BCUT2D eigenvalue weighted by molar-refractivity contribution is -0.128. The van der Waals surface area contributed by atoms with Crippen molar-refractivity contribution in [3.05, 3.63) is 64.9 Å². The molecule has 1 fully saturated rings. The number of aliphatic hydroxyl groups is 2. The lowest BCUT2D eigenvalue weighted by Gasteiger charge is -2.18. The Kier molecular flexibility index (Phi) is 6.58. The number of primary amides is 1. The maximum absolute atomic E-state index is 14.9. The minimum atomic E-state index is -1.44. The number of hydrogen-bond donors (Lipinski definition) is 4. The second kappa shape index (κ2) is 9.33. The first-order chi connectivity index (χ1) is 16.4. The number of rotatable bonds is 7. The number of halogens is 2. The minimum Gasteiger partial charge on any atom is -0.391 e. The molecular weight excluding hydrogens is 478 g/mol. The van der Waals surface area contributed by atoms with Gasteiger partial charge in [0, 0.05) is 11.4 Å². The molecule has 2 aromatic heterocycles. The highest BCUT2D eigenvalue weighted by atomic mass is 32.1. The summed E-state index contributed by atoms with van der Waals surface area (Å²) in [6.07, 6.45) is -0.633. The fraction of sp³-hybridized carbons (Fsp3) is 0.292. The molecule has 8 nitrogen and oxygen atoms in total. The molecule has 1 aromatic carbocycles. The van der Waals surface area contributed by atoms with Crippen LogP contribution in [0.1, 0.15) is 41.9 Å². The Bertz CT molecular complexity index is 1280. The van der Waals surface area contributed by atoms with Crippen LogP contribution < -0.4 is 11.1 Å². The first-order valence-electron chi connectivity index (χ1n) is 10.8. The first kappa shape index (κ1) is 24.7. The Morgan fingerprint density at radius 1 is 1.29 bits per heavy atom. The summed E-state index contributed by atoms with van der Waals surface area (Å²) in [6.45, 7) is 3.26. The van der Waals surface area contributed by atoms with Crippen molar-refractivity contribution in [2.75, 3.05) is 11.9 Å². The first-order valence-corrected chi connectivity index (χ1v) is 11.6. The molecule has 1 saturated heterocycles. The number of carbonyl (C=O) groups excluding carboxylic acids is 2. The SMILES string of the molecule is CC(C)(O)c1cc(F)c(-c2cc(C(N)=O)c(Nc3cccc(CN4C[C@H](O)CC4=O)n3)s2)c(F)c1. The van der Waals surface area contributed by atoms with Crippen LogP contribution in [-0.4, -0.2) is 44.6 Å². The standard InChI is InChI=1S/C24H24F2N4O4S/c1-24(2,34)12-6-16(25)21(17(26)7-12)18-9-15(22(27)33)23(35-18)29-19-5-3-4-13(28-19)10-30-11-14(31)8-20(30)32/h3-7,9,14,31,34H,8,10-11H2,1-2H3,(H2,27,33)(H,28,29)/t14-/m1/s1. The number of aliphatic hydroxyl groups excluding tert-OH is 1. The van der Waals surface area contributed by atoms with E-state index in [2.05, 4.69) is 10.3 Å². The van der Waals surface area contributed by atoms with Crippen LogP contribution in [0.3, 0.4) is 0 Å². The molecule has 0 spiro atoms. The molecule has 11 heteroatoms. The number of hydrogen-bond acceptors (Lipinski definition) is 7. The normalized spacial score (nSPS) is 16.1. The summed E-state index contributed by atoms with van der Waals surface area (Å²) >= 11 is 0.925. The van der Waals surface area contributed by atoms with E-state index >= 15 is 0 Å². The van der Waals surface area contributed by atoms with Gasteiger partial charge in [0.25, 0.3) is 5.91 Å². The minimum absolute atomic E-state index is 0.0282. The molecule has 35 heavy (non-hydrogen) atoms. The fourth-order valence-corrected chi connectivity index (χ4v) is 4.92. The van der Waals surface area contributed by atoms with Crippen molar-refractivity contribution in [2.24, 2.45) is 5.73 Å². The van der Waals surface area contributed by atoms with Gasteiger partial charge < -0.3 is 26.2 Å². The van der Waals surface area contributed by atoms with Gasteiger partial charge in [0.1, 0.15) is 22.5 Å². The number of pyridine rings is 1. The quantitative estimate of drug-likeness (QED) is 0.393. The van der Waals surface area contributed by atoms with E-state index in [-0.39, 0.29) is 52.0 Å². The summed E-state index contributed by atoms with van der Waals surface area (Å²) in [5.41, 5.74) is 4.38. The number of nitrogens with two attached hydrogens (primary N) is 1. The lowest BCUT2D eigenvalue weighted by Crippen LogP contribution is -2.25. The third-order valence-electron chi connectivity index (χ3n) is 5.59. The van der Waals surface area contributed by atoms with E-state index in [0.717, 1.165) is 23.5 Å². The Morgan fingerprint density at radius 2 is 1.97 bits per heavy atom. The Hall–Kier alpha value is -3.41. The summed E-state index contributed by atoms with van der Waals surface area (Å²) in [5.74, 6) is -2.40. The number of nitrogens with one attached hydrogen (secondary N) is 1. The highest BCUT2D eigenvalue weighted by Crippen LogP contribution is 2.40. The fourth-order valence-electron chi connectivity index (χ4n) is 3.81. The second-order valence-corrected chi connectivity index (χ2v) is 9.92. The molecule has 1 aliphatic rings. The van der Waals surface area contributed by atoms with Crippen molar-refractivity contribution < 1.29 is 28.6 Å². The van der Waals surface area contributed by atoms with Crippen molar-refractivity contribution in [2.45, 2.75) is 38.5 Å². The van der Waals surface area contributed by atoms with Gasteiger partial charge in [0.05, 0.1) is 41.5 Å². The molecule has 1 atom stereocenters. The van der Waals surface area contributed by atoms with Gasteiger partial charge >= 0.3 is 0 Å². The molecule has 4 rings (SSSR count). The summed E-state index contributed by atoms with van der Waals surface area (Å²) in [5, 5.41) is 23.0. The van der Waals surface area contributed by atoms with E-state index in [9.17, 15) is 28.6 Å². The average molecular weight is 503 g/mol. The lowest BCUT2D eigenvalue weighted by atomic mass is 9.96. The molecule has 184 valence electrons. The molecule has 0 bridgehead atoms. The molecule has 3 aromatic rings. The van der Waals surface area contributed by atoms with Gasteiger partial charge in [-0.05, 0) is 49.7 Å². The van der Waals surface area contributed by atoms with Crippen molar-refractivity contribution >= 4 is 34.0 Å². The second-order valence-electron chi connectivity index (χ2n) is 8.86. The Labute approximate surface area is 204 Å². The number of amides is 2. The van der Waals surface area contributed by atoms with Crippen LogP contribution in [0.5, 0.6) is 0 Å². The maximum atomic E-state index is 14.9. The molecule has 0 saturated carbocycles. The number of β-amino-alcohol motifs (C(OH)–C–C–N with tert-alkyl or cyclic N) is 1. The van der Waals surface area contributed by atoms with Crippen LogP contribution in [0.4, 0.5) is 19.6 Å². The van der Waals surface area contributed by atoms with Crippen molar-refractivity contribution in [3.63, 3.8) is 0 Å². The molecule has 0 aliphatic carbocycles. The molecule has 0 unspecified atom stereocenters. The highest BCUT2D eigenvalue weighted by Gasteiger charge is 2.28. The van der Waals surface area contributed by atoms with Crippen LogP contribution >= 0.6 is 11.3 Å². The van der Waals surface area contributed by atoms with Crippen LogP contribution in [0, 0.1) is 11.6 Å². The third kappa shape index (κ3) is 5.31. The van der Waals surface area contributed by atoms with E-state index in [1.165, 1.54) is 24.8 Å². The summed E-state index contributed by atoms with van der Waals surface area (Å²) in [4.78, 5) is 30.1. The molecule has 2 amide bonds. The average Bonchev–Trinajstić information content (AvgIpc) is 3.29. The predicted octanol–water partition coefficient (Wildman–Crippen LogP) is 3.25. The zero-order valence-electron chi connectivity index (χ0n) is 19.0. The number of aromatic nitrogens is 1. The molecule has 1 aliphatic heterocycles. The monoisotopic (exact) mass is 502 g/mol. The van der Waals surface area contributed by atoms with Gasteiger partial charge in [-0.15, -0.1) is 11.3 Å². The van der Waals surface area contributed by atoms with Crippen LogP contribution in [0.2, 0.25) is 0 Å². The van der Waals surface area contributed by atoms with E-state index in [4.69, 9.17) is 5.73 Å². The third-order valence-corrected chi connectivity index (χ3v) is 6.66. The number of nitrogens with zero attached hydrogens (tertiary/aromatic N) is 2. The molecule has 3 heterocycles. The Balaban J connectivity index is 1.64. The van der Waals surface area contributed by atoms with Gasteiger partial charge in [-0.3, -0.25) is 9.59 Å². The molecular formula is C24H24F2N4O4S. The molecule has 0 radical (unpaired) electrons. The van der Waals surface area contributed by atoms with Gasteiger partial charge in [0.2, 0.25) is 5.91 Å². The van der Waals surface area contributed by atoms with Crippen molar-refractivity contribution in [3.8, 4) is 10.4 Å². The topological polar surface area (TPSA) is 129 Å². The molecule has 5 N–H and O–H groups in total. The van der Waals surface area contributed by atoms with Crippen LogP contribution in [-0.2, 0) is 16.9 Å². The zero-order chi connectivity index (χ0) is 25.5. The van der Waals surface area contributed by atoms with Crippen molar-refractivity contribution in [1.82, 2.24) is 9.88 Å². The highest BCUT2D eigenvalue weighted by molar-refractivity contribution is 7.20. The van der Waals surface area contributed by atoms with E-state index in [1.54, 1.807) is 18.2 Å². The van der Waals surface area contributed by atoms with E-state index in [0.29, 0.717) is 11.5 Å². The zero-order valence-corrected chi connectivity index (χ0v) is 19.8. The summed E-state index contributed by atoms with van der Waals surface area (Å²) in [7, 11) is 0. The number of likely N-dealkylation sites (tertiary alicyclic amines) is 1.